The van der Waals surface area contributed by atoms with Crippen molar-refractivity contribution >= 4 is 28.6 Å². The summed E-state index contributed by atoms with van der Waals surface area (Å²) in [6.07, 6.45) is 3.94. The fraction of sp³-hybridized carbons (Fsp3) is 0.125. The van der Waals surface area contributed by atoms with E-state index in [0.29, 0.717) is 11.3 Å². The number of hydrogen-bond acceptors (Lipinski definition) is 5. The molecule has 0 unspecified atom stereocenters. The standard InChI is InChI=1S/C8H7N3OS2/c9-8(12)5-4-11-7(14-5)3-6-10-1-2-13-6/h1-2,4H,3H2,(H2,9,12). The van der Waals surface area contributed by atoms with Gasteiger partial charge in [0.2, 0.25) is 0 Å². The van der Waals surface area contributed by atoms with Crippen LogP contribution in [0, 0.1) is 0 Å². The van der Waals surface area contributed by atoms with Crippen LogP contribution in [0.25, 0.3) is 0 Å². The predicted molar refractivity (Wildman–Crippen MR) is 55.6 cm³/mol. The Kier molecular flexibility index (Phi) is 2.55. The summed E-state index contributed by atoms with van der Waals surface area (Å²) in [5.41, 5.74) is 5.12. The molecule has 0 spiro atoms. The van der Waals surface area contributed by atoms with E-state index in [1.54, 1.807) is 17.5 Å². The monoisotopic (exact) mass is 225 g/mol. The molecule has 2 aromatic rings. The summed E-state index contributed by atoms with van der Waals surface area (Å²) in [7, 11) is 0. The lowest BCUT2D eigenvalue weighted by Gasteiger charge is -1.88. The fourth-order valence-electron chi connectivity index (χ4n) is 0.976. The van der Waals surface area contributed by atoms with Crippen LogP contribution in [0.15, 0.2) is 17.8 Å². The van der Waals surface area contributed by atoms with Crippen molar-refractivity contribution in [1.29, 1.82) is 0 Å². The van der Waals surface area contributed by atoms with Gasteiger partial charge in [-0.05, 0) is 0 Å². The molecule has 0 aliphatic rings. The highest BCUT2D eigenvalue weighted by Gasteiger charge is 2.07. The first-order chi connectivity index (χ1) is 6.75. The Hall–Kier alpha value is -1.27. The minimum atomic E-state index is -0.423. The Morgan fingerprint density at radius 1 is 1.43 bits per heavy atom. The first-order valence-electron chi connectivity index (χ1n) is 3.88. The minimum Gasteiger partial charge on any atom is -0.365 e. The zero-order chi connectivity index (χ0) is 9.97. The second kappa shape index (κ2) is 3.85. The second-order valence-electron chi connectivity index (χ2n) is 2.59. The average Bonchev–Trinajstić information content (AvgIpc) is 2.75. The van der Waals surface area contributed by atoms with E-state index in [2.05, 4.69) is 9.97 Å². The Balaban J connectivity index is 2.14. The number of carbonyl (C=O) groups is 1. The third kappa shape index (κ3) is 1.97. The Morgan fingerprint density at radius 3 is 2.86 bits per heavy atom. The molecule has 6 heteroatoms. The molecule has 0 atom stereocenters. The summed E-state index contributed by atoms with van der Waals surface area (Å²) < 4.78 is 0. The van der Waals surface area contributed by atoms with Crippen molar-refractivity contribution in [2.75, 3.05) is 0 Å². The van der Waals surface area contributed by atoms with E-state index in [1.807, 2.05) is 5.38 Å². The molecule has 0 aromatic carbocycles. The topological polar surface area (TPSA) is 68.9 Å². The summed E-state index contributed by atoms with van der Waals surface area (Å²) >= 11 is 2.90. The first-order valence-corrected chi connectivity index (χ1v) is 5.58. The third-order valence-corrected chi connectivity index (χ3v) is 3.37. The lowest BCUT2D eigenvalue weighted by atomic mass is 10.5. The summed E-state index contributed by atoms with van der Waals surface area (Å²) in [5.74, 6) is -0.423. The van der Waals surface area contributed by atoms with Crippen molar-refractivity contribution in [2.45, 2.75) is 6.42 Å². The van der Waals surface area contributed by atoms with Crippen LogP contribution in [0.4, 0.5) is 0 Å². The maximum atomic E-state index is 10.8. The number of amides is 1. The Labute approximate surface area is 88.4 Å². The fourth-order valence-corrected chi connectivity index (χ4v) is 2.46. The zero-order valence-corrected chi connectivity index (χ0v) is 8.77. The van der Waals surface area contributed by atoms with Gasteiger partial charge in [-0.1, -0.05) is 0 Å². The van der Waals surface area contributed by atoms with Crippen molar-refractivity contribution in [2.24, 2.45) is 5.73 Å². The number of thiazole rings is 2. The molecule has 0 saturated carbocycles. The number of nitrogens with two attached hydrogens (primary N) is 1. The quantitative estimate of drug-likeness (QED) is 0.855. The van der Waals surface area contributed by atoms with E-state index in [1.165, 1.54) is 17.5 Å². The number of aromatic nitrogens is 2. The number of hydrogen-bond donors (Lipinski definition) is 1. The molecule has 0 aliphatic carbocycles. The van der Waals surface area contributed by atoms with Crippen LogP contribution < -0.4 is 5.73 Å². The molecule has 14 heavy (non-hydrogen) atoms. The number of rotatable bonds is 3. The minimum absolute atomic E-state index is 0.423. The van der Waals surface area contributed by atoms with Gasteiger partial charge >= 0.3 is 0 Å². The summed E-state index contributed by atoms with van der Waals surface area (Å²) in [5, 5.41) is 3.78. The van der Waals surface area contributed by atoms with E-state index in [4.69, 9.17) is 5.73 Å². The van der Waals surface area contributed by atoms with Crippen LogP contribution in [0.5, 0.6) is 0 Å². The summed E-state index contributed by atoms with van der Waals surface area (Å²) in [4.78, 5) is 19.5. The van der Waals surface area contributed by atoms with Gasteiger partial charge in [0.05, 0.1) is 17.6 Å². The van der Waals surface area contributed by atoms with Crippen LogP contribution in [-0.2, 0) is 6.42 Å². The molecule has 72 valence electrons. The SMILES string of the molecule is NC(=O)c1cnc(Cc2nccs2)s1. The van der Waals surface area contributed by atoms with Gasteiger partial charge in [-0.25, -0.2) is 9.97 Å². The molecule has 0 saturated heterocycles. The lowest BCUT2D eigenvalue weighted by Crippen LogP contribution is -2.08. The number of nitrogens with zero attached hydrogens (tertiary/aromatic N) is 2. The summed E-state index contributed by atoms with van der Waals surface area (Å²) in [6, 6.07) is 0. The average molecular weight is 225 g/mol. The highest BCUT2D eigenvalue weighted by atomic mass is 32.1. The smallest absolute Gasteiger partial charge is 0.260 e. The van der Waals surface area contributed by atoms with Crippen LogP contribution in [0.1, 0.15) is 19.7 Å². The lowest BCUT2D eigenvalue weighted by molar-refractivity contribution is 0.100. The highest BCUT2D eigenvalue weighted by Crippen LogP contribution is 2.17. The van der Waals surface area contributed by atoms with Crippen LogP contribution in [0.3, 0.4) is 0 Å². The van der Waals surface area contributed by atoms with E-state index in [-0.39, 0.29) is 0 Å². The van der Waals surface area contributed by atoms with Gasteiger partial charge in [0.1, 0.15) is 9.88 Å². The molecular weight excluding hydrogens is 218 g/mol. The molecule has 2 aromatic heterocycles. The van der Waals surface area contributed by atoms with Crippen molar-refractivity contribution < 1.29 is 4.79 Å². The van der Waals surface area contributed by atoms with E-state index in [0.717, 1.165) is 10.0 Å². The van der Waals surface area contributed by atoms with Crippen LogP contribution in [0.2, 0.25) is 0 Å². The van der Waals surface area contributed by atoms with E-state index >= 15 is 0 Å². The van der Waals surface area contributed by atoms with Gasteiger partial charge in [-0.2, -0.15) is 0 Å². The summed E-state index contributed by atoms with van der Waals surface area (Å²) in [6.45, 7) is 0. The van der Waals surface area contributed by atoms with Gasteiger partial charge in [0.25, 0.3) is 5.91 Å². The first kappa shape index (κ1) is 9.29. The van der Waals surface area contributed by atoms with Crippen molar-refractivity contribution in [3.05, 3.63) is 32.7 Å². The van der Waals surface area contributed by atoms with Gasteiger partial charge in [0.15, 0.2) is 0 Å². The maximum absolute atomic E-state index is 10.8. The molecule has 2 N–H and O–H groups in total. The van der Waals surface area contributed by atoms with E-state index < -0.39 is 5.91 Å². The van der Waals surface area contributed by atoms with Crippen molar-refractivity contribution in [3.8, 4) is 0 Å². The Bertz CT molecular complexity index is 435. The van der Waals surface area contributed by atoms with Crippen molar-refractivity contribution in [3.63, 3.8) is 0 Å². The van der Waals surface area contributed by atoms with Gasteiger partial charge in [0, 0.05) is 11.6 Å². The second-order valence-corrected chi connectivity index (χ2v) is 4.68. The van der Waals surface area contributed by atoms with Crippen LogP contribution >= 0.6 is 22.7 Å². The Morgan fingerprint density at radius 2 is 2.29 bits per heavy atom. The maximum Gasteiger partial charge on any atom is 0.260 e. The molecule has 0 fully saturated rings. The molecule has 2 rings (SSSR count). The molecule has 0 aliphatic heterocycles. The molecule has 0 bridgehead atoms. The molecule has 0 radical (unpaired) electrons. The van der Waals surface area contributed by atoms with Gasteiger partial charge in [-0.3, -0.25) is 4.79 Å². The normalized spacial score (nSPS) is 10.3. The molecule has 2 heterocycles. The highest BCUT2D eigenvalue weighted by molar-refractivity contribution is 7.14. The van der Waals surface area contributed by atoms with Gasteiger partial charge in [-0.15, -0.1) is 22.7 Å². The van der Waals surface area contributed by atoms with Crippen molar-refractivity contribution in [1.82, 2.24) is 9.97 Å². The number of primary amides is 1. The van der Waals surface area contributed by atoms with Crippen LogP contribution in [-0.4, -0.2) is 15.9 Å². The number of carbonyl (C=O) groups excluding carboxylic acids is 1. The molecule has 4 nitrogen and oxygen atoms in total. The zero-order valence-electron chi connectivity index (χ0n) is 7.14. The molecule has 1 amide bonds. The van der Waals surface area contributed by atoms with E-state index in [9.17, 15) is 4.79 Å². The largest absolute Gasteiger partial charge is 0.365 e. The van der Waals surface area contributed by atoms with Gasteiger partial charge < -0.3 is 5.73 Å². The third-order valence-electron chi connectivity index (χ3n) is 1.58. The molecular formula is C8H7N3OS2. The predicted octanol–water partition coefficient (Wildman–Crippen LogP) is 1.29.